The molecule has 9 nitrogen and oxygen atoms in total. The molecule has 32 heavy (non-hydrogen) atoms. The minimum atomic E-state index is -0.870. The van der Waals surface area contributed by atoms with E-state index in [2.05, 4.69) is 20.6 Å². The van der Waals surface area contributed by atoms with E-state index in [9.17, 15) is 14.4 Å². The van der Waals surface area contributed by atoms with E-state index in [0.29, 0.717) is 54.1 Å². The normalized spacial score (nSPS) is 16.8. The van der Waals surface area contributed by atoms with E-state index in [1.54, 1.807) is 23.1 Å². The summed E-state index contributed by atoms with van der Waals surface area (Å²) >= 11 is 0. The summed E-state index contributed by atoms with van der Waals surface area (Å²) in [5, 5.41) is 5.61. The summed E-state index contributed by atoms with van der Waals surface area (Å²) in [4.78, 5) is 47.5. The number of ether oxygens (including phenoxy) is 1. The summed E-state index contributed by atoms with van der Waals surface area (Å²) in [6.07, 6.45) is 2.38. The maximum atomic E-state index is 13.0. The smallest absolute Gasteiger partial charge is 0.274 e. The van der Waals surface area contributed by atoms with Crippen LogP contribution in [0.25, 0.3) is 11.0 Å². The molecule has 0 radical (unpaired) electrons. The minimum Gasteiger partial charge on any atom is -0.467 e. The second-order valence-electron chi connectivity index (χ2n) is 7.98. The predicted octanol–water partition coefficient (Wildman–Crippen LogP) is 2.34. The molecule has 1 aromatic heterocycles. The highest BCUT2D eigenvalue weighted by atomic mass is 16.5. The average Bonchev–Trinajstić information content (AvgIpc) is 2.79. The predicted molar refractivity (Wildman–Crippen MR) is 116 cm³/mol. The Morgan fingerprint density at radius 2 is 1.88 bits per heavy atom. The number of likely N-dealkylation sites (tertiary alicyclic amines) is 1. The van der Waals surface area contributed by atoms with Gasteiger partial charge in [0.2, 0.25) is 5.91 Å². The third kappa shape index (κ3) is 3.62. The molecule has 5 rings (SSSR count). The Bertz CT molecular complexity index is 1250. The largest absolute Gasteiger partial charge is 0.467 e. The number of rotatable bonds is 2. The zero-order valence-electron chi connectivity index (χ0n) is 17.4. The molecule has 2 aromatic carbocycles. The molecule has 0 atom stereocenters. The number of carbonyl (C=O) groups excluding carboxylic acids is 3. The highest BCUT2D eigenvalue weighted by molar-refractivity contribution is 6.00. The summed E-state index contributed by atoms with van der Waals surface area (Å²) < 4.78 is 6.17. The number of benzene rings is 2. The number of hydrogen-bond acceptors (Lipinski definition) is 6. The summed E-state index contributed by atoms with van der Waals surface area (Å²) in [7, 11) is 0. The van der Waals surface area contributed by atoms with Crippen molar-refractivity contribution in [2.24, 2.45) is 0 Å². The molecule has 9 heteroatoms. The molecule has 162 valence electrons. The lowest BCUT2D eigenvalue weighted by molar-refractivity contribution is -0.114. The van der Waals surface area contributed by atoms with Crippen LogP contribution >= 0.6 is 0 Å². The molecule has 0 aliphatic carbocycles. The summed E-state index contributed by atoms with van der Waals surface area (Å²) in [5.41, 5.74) is 1.73. The SMILES string of the molecule is CC(=O)Nc1ccc2c(c1)C(=O)NC1(CCN(C(=O)c3cnc4ccccc4n3)CC1)O2. The van der Waals surface area contributed by atoms with E-state index in [-0.39, 0.29) is 17.7 Å². The quantitative estimate of drug-likeness (QED) is 0.644. The molecule has 3 heterocycles. The first kappa shape index (κ1) is 19.9. The molecular formula is C23H21N5O4. The zero-order valence-corrected chi connectivity index (χ0v) is 17.4. The van der Waals surface area contributed by atoms with Gasteiger partial charge in [0.05, 0.1) is 22.8 Å². The Morgan fingerprint density at radius 1 is 1.12 bits per heavy atom. The maximum absolute atomic E-state index is 13.0. The van der Waals surface area contributed by atoms with E-state index in [1.807, 2.05) is 24.3 Å². The van der Waals surface area contributed by atoms with Gasteiger partial charge in [-0.05, 0) is 30.3 Å². The molecule has 0 saturated carbocycles. The van der Waals surface area contributed by atoms with Gasteiger partial charge in [-0.15, -0.1) is 0 Å². The average molecular weight is 431 g/mol. The lowest BCUT2D eigenvalue weighted by Crippen LogP contribution is -2.61. The molecule has 3 aromatic rings. The Morgan fingerprint density at radius 3 is 2.62 bits per heavy atom. The Labute approximate surface area is 183 Å². The zero-order chi connectivity index (χ0) is 22.3. The van der Waals surface area contributed by atoms with Crippen molar-refractivity contribution in [3.8, 4) is 5.75 Å². The molecule has 3 amide bonds. The molecule has 1 spiro atoms. The van der Waals surface area contributed by atoms with Gasteiger partial charge in [0.1, 0.15) is 11.4 Å². The number of fused-ring (bicyclic) bond motifs is 2. The number of hydrogen-bond donors (Lipinski definition) is 2. The number of amides is 3. The topological polar surface area (TPSA) is 114 Å². The van der Waals surface area contributed by atoms with Gasteiger partial charge in [0, 0.05) is 38.5 Å². The summed E-state index contributed by atoms with van der Waals surface area (Å²) in [6, 6.07) is 12.4. The minimum absolute atomic E-state index is 0.194. The fourth-order valence-corrected chi connectivity index (χ4v) is 4.11. The van der Waals surface area contributed by atoms with Crippen molar-refractivity contribution < 1.29 is 19.1 Å². The van der Waals surface area contributed by atoms with Crippen LogP contribution in [0.15, 0.2) is 48.7 Å². The van der Waals surface area contributed by atoms with E-state index in [1.165, 1.54) is 13.1 Å². The number of nitrogens with zero attached hydrogens (tertiary/aromatic N) is 3. The Kier molecular flexibility index (Phi) is 4.73. The molecule has 2 aliphatic rings. The van der Waals surface area contributed by atoms with Crippen molar-refractivity contribution >= 4 is 34.4 Å². The number of para-hydroxylation sites is 2. The van der Waals surface area contributed by atoms with Crippen molar-refractivity contribution in [3.63, 3.8) is 0 Å². The van der Waals surface area contributed by atoms with Gasteiger partial charge in [-0.2, -0.15) is 0 Å². The number of piperidine rings is 1. The molecule has 0 unspecified atom stereocenters. The van der Waals surface area contributed by atoms with Crippen molar-refractivity contribution in [2.45, 2.75) is 25.5 Å². The van der Waals surface area contributed by atoms with Crippen molar-refractivity contribution in [1.29, 1.82) is 0 Å². The van der Waals surface area contributed by atoms with Gasteiger partial charge in [0.25, 0.3) is 11.8 Å². The van der Waals surface area contributed by atoms with Crippen molar-refractivity contribution in [2.75, 3.05) is 18.4 Å². The van der Waals surface area contributed by atoms with Crippen LogP contribution in [0, 0.1) is 0 Å². The fraction of sp³-hybridized carbons (Fsp3) is 0.261. The van der Waals surface area contributed by atoms with Gasteiger partial charge in [-0.3, -0.25) is 19.4 Å². The second-order valence-corrected chi connectivity index (χ2v) is 7.98. The van der Waals surface area contributed by atoms with Crippen molar-refractivity contribution in [1.82, 2.24) is 20.2 Å². The number of nitrogens with one attached hydrogen (secondary N) is 2. The summed E-state index contributed by atoms with van der Waals surface area (Å²) in [5.74, 6) is -0.214. The molecule has 1 fully saturated rings. The third-order valence-corrected chi connectivity index (χ3v) is 5.72. The number of anilines is 1. The lowest BCUT2D eigenvalue weighted by atomic mass is 9.96. The molecule has 1 saturated heterocycles. The van der Waals surface area contributed by atoms with E-state index in [0.717, 1.165) is 5.52 Å². The Balaban J connectivity index is 1.30. The molecule has 2 aliphatic heterocycles. The lowest BCUT2D eigenvalue weighted by Gasteiger charge is -2.44. The van der Waals surface area contributed by atoms with Crippen LogP contribution in [0.1, 0.15) is 40.6 Å². The first-order valence-corrected chi connectivity index (χ1v) is 10.4. The van der Waals surface area contributed by atoms with Gasteiger partial charge in [-0.1, -0.05) is 12.1 Å². The standard InChI is InChI=1S/C23H21N5O4/c1-14(29)25-15-6-7-20-16(12-15)21(30)27-23(32-20)8-10-28(11-9-23)22(31)19-13-24-17-4-2-3-5-18(17)26-19/h2-7,12-13H,8-11H2,1H3,(H,25,29)(H,27,30). The van der Waals surface area contributed by atoms with Crippen LogP contribution < -0.4 is 15.4 Å². The molecular weight excluding hydrogens is 410 g/mol. The summed E-state index contributed by atoms with van der Waals surface area (Å²) in [6.45, 7) is 2.23. The van der Waals surface area contributed by atoms with Crippen LogP contribution in [0.5, 0.6) is 5.75 Å². The first-order valence-electron chi connectivity index (χ1n) is 10.4. The van der Waals surface area contributed by atoms with Crippen LogP contribution in [0.3, 0.4) is 0 Å². The highest BCUT2D eigenvalue weighted by Crippen LogP contribution is 2.35. The molecule has 2 N–H and O–H groups in total. The van der Waals surface area contributed by atoms with Gasteiger partial charge in [0.15, 0.2) is 5.72 Å². The van der Waals surface area contributed by atoms with Crippen LogP contribution in [-0.2, 0) is 4.79 Å². The van der Waals surface area contributed by atoms with E-state index < -0.39 is 5.72 Å². The van der Waals surface area contributed by atoms with E-state index >= 15 is 0 Å². The molecule has 0 bridgehead atoms. The number of aromatic nitrogens is 2. The van der Waals surface area contributed by atoms with Gasteiger partial charge >= 0.3 is 0 Å². The number of carbonyl (C=O) groups is 3. The fourth-order valence-electron chi connectivity index (χ4n) is 4.11. The second kappa shape index (κ2) is 7.60. The van der Waals surface area contributed by atoms with Crippen LogP contribution in [0.4, 0.5) is 5.69 Å². The van der Waals surface area contributed by atoms with Crippen LogP contribution in [0.2, 0.25) is 0 Å². The van der Waals surface area contributed by atoms with E-state index in [4.69, 9.17) is 4.74 Å². The first-order chi connectivity index (χ1) is 15.4. The van der Waals surface area contributed by atoms with Gasteiger partial charge < -0.3 is 20.3 Å². The Hall–Kier alpha value is -4.01. The third-order valence-electron chi connectivity index (χ3n) is 5.72. The van der Waals surface area contributed by atoms with Crippen LogP contribution in [-0.4, -0.2) is 51.4 Å². The van der Waals surface area contributed by atoms with Crippen molar-refractivity contribution in [3.05, 3.63) is 59.9 Å². The monoisotopic (exact) mass is 431 g/mol. The maximum Gasteiger partial charge on any atom is 0.274 e. The van der Waals surface area contributed by atoms with Gasteiger partial charge in [-0.25, -0.2) is 4.98 Å². The highest BCUT2D eigenvalue weighted by Gasteiger charge is 2.43.